The van der Waals surface area contributed by atoms with Crippen LogP contribution in [0, 0.1) is 17.8 Å². The molecule has 0 aliphatic carbocycles. The van der Waals surface area contributed by atoms with Gasteiger partial charge in [0, 0.05) is 45.2 Å². The minimum Gasteiger partial charge on any atom is -0.383 e. The predicted molar refractivity (Wildman–Crippen MR) is 126 cm³/mol. The minimum atomic E-state index is -1.14. The summed E-state index contributed by atoms with van der Waals surface area (Å²) in [5.74, 6) is 1.50. The number of amides is 2. The number of rotatable bonds is 10. The Bertz CT molecular complexity index is 1020. The van der Waals surface area contributed by atoms with Crippen LogP contribution < -0.4 is 33.5 Å². The molecule has 1 aromatic heterocycles. The standard InChI is InChI=1S/C21H31N9O4/c1-3-4-9-26-19(32)18-14(27-16(31)12-13(22)7-10-29(2)20(24)25)5-6-17(34-18)30-11-8-15(23)28-21(30)33/h1,5-6,8,11,13-14,17-18H,4,7,9-10,12,22H2,2H3,(H3,24,25)(H,26,32)(H,27,31)(H2,23,28,33)/t13-,14-,17+,18-/m0/s1. The molecule has 0 radical (unpaired) electrons. The Morgan fingerprint density at radius 2 is 2.18 bits per heavy atom. The van der Waals surface area contributed by atoms with E-state index >= 15 is 0 Å². The van der Waals surface area contributed by atoms with Gasteiger partial charge < -0.3 is 37.5 Å². The third-order valence-corrected chi connectivity index (χ3v) is 5.07. The zero-order valence-corrected chi connectivity index (χ0v) is 18.9. The highest BCUT2D eigenvalue weighted by Gasteiger charge is 2.35. The van der Waals surface area contributed by atoms with Gasteiger partial charge in [0.1, 0.15) is 5.82 Å². The maximum atomic E-state index is 12.8. The summed E-state index contributed by atoms with van der Waals surface area (Å²) in [7, 11) is 1.65. The number of nitrogens with zero attached hydrogens (tertiary/aromatic N) is 3. The van der Waals surface area contributed by atoms with Crippen LogP contribution in [0.1, 0.15) is 25.5 Å². The first-order valence-electron chi connectivity index (χ1n) is 10.6. The maximum Gasteiger partial charge on any atom is 0.351 e. The summed E-state index contributed by atoms with van der Waals surface area (Å²) in [5.41, 5.74) is 16.3. The van der Waals surface area contributed by atoms with Gasteiger partial charge in [0.2, 0.25) is 5.91 Å². The normalized spacial score (nSPS) is 20.1. The molecule has 2 amide bonds. The number of nitrogen functional groups attached to an aromatic ring is 1. The summed E-state index contributed by atoms with van der Waals surface area (Å²) in [6.07, 6.45) is 8.43. The number of guanidine groups is 1. The van der Waals surface area contributed by atoms with Gasteiger partial charge in [-0.05, 0) is 18.6 Å². The van der Waals surface area contributed by atoms with Crippen molar-refractivity contribution in [2.45, 2.75) is 43.7 Å². The number of carbonyl (C=O) groups is 2. The van der Waals surface area contributed by atoms with Gasteiger partial charge in [-0.1, -0.05) is 6.08 Å². The Hall–Kier alpha value is -3.89. The van der Waals surface area contributed by atoms with E-state index in [1.54, 1.807) is 13.1 Å². The third-order valence-electron chi connectivity index (χ3n) is 5.07. The smallest absolute Gasteiger partial charge is 0.351 e. The number of hydrogen-bond acceptors (Lipinski definition) is 8. The van der Waals surface area contributed by atoms with Crippen molar-refractivity contribution in [1.82, 2.24) is 25.1 Å². The number of anilines is 1. The molecule has 0 saturated heterocycles. The summed E-state index contributed by atoms with van der Waals surface area (Å²) in [6.45, 7) is 0.643. The molecule has 0 bridgehead atoms. The number of terminal acetylenes is 1. The first kappa shape index (κ1) is 26.4. The number of nitrogens with one attached hydrogen (secondary N) is 3. The topological polar surface area (TPSA) is 207 Å². The van der Waals surface area contributed by atoms with Crippen molar-refractivity contribution in [3.63, 3.8) is 0 Å². The second-order valence-corrected chi connectivity index (χ2v) is 7.77. The van der Waals surface area contributed by atoms with E-state index in [4.69, 9.17) is 33.8 Å². The molecule has 13 heteroatoms. The van der Waals surface area contributed by atoms with Crippen molar-refractivity contribution >= 4 is 23.6 Å². The predicted octanol–water partition coefficient (Wildman–Crippen LogP) is -2.16. The number of ether oxygens (including phenoxy) is 1. The van der Waals surface area contributed by atoms with Gasteiger partial charge in [-0.2, -0.15) is 4.98 Å². The van der Waals surface area contributed by atoms with Crippen molar-refractivity contribution in [1.29, 1.82) is 5.41 Å². The van der Waals surface area contributed by atoms with Gasteiger partial charge in [-0.3, -0.25) is 19.6 Å². The van der Waals surface area contributed by atoms with Gasteiger partial charge in [-0.15, -0.1) is 12.3 Å². The van der Waals surface area contributed by atoms with E-state index in [1.807, 2.05) is 0 Å². The van der Waals surface area contributed by atoms with Gasteiger partial charge in [-0.25, -0.2) is 4.79 Å². The highest BCUT2D eigenvalue weighted by atomic mass is 16.5. The Morgan fingerprint density at radius 3 is 2.82 bits per heavy atom. The van der Waals surface area contributed by atoms with E-state index in [2.05, 4.69) is 21.5 Å². The highest BCUT2D eigenvalue weighted by molar-refractivity contribution is 5.84. The van der Waals surface area contributed by atoms with Crippen LogP contribution >= 0.6 is 0 Å². The largest absolute Gasteiger partial charge is 0.383 e. The summed E-state index contributed by atoms with van der Waals surface area (Å²) in [4.78, 5) is 42.7. The molecule has 184 valence electrons. The average Bonchev–Trinajstić information content (AvgIpc) is 2.77. The molecule has 34 heavy (non-hydrogen) atoms. The fourth-order valence-electron chi connectivity index (χ4n) is 3.15. The first-order chi connectivity index (χ1) is 16.1. The number of aromatic nitrogens is 2. The van der Waals surface area contributed by atoms with Gasteiger partial charge >= 0.3 is 5.69 Å². The lowest BCUT2D eigenvalue weighted by Crippen LogP contribution is -2.54. The van der Waals surface area contributed by atoms with Crippen LogP contribution in [0.5, 0.6) is 0 Å². The highest BCUT2D eigenvalue weighted by Crippen LogP contribution is 2.21. The van der Waals surface area contributed by atoms with Crippen molar-refractivity contribution < 1.29 is 14.3 Å². The SMILES string of the molecule is C#CCCNC(=O)[C@H]1O[C@@H](n2ccc(N)nc2=O)C=C[C@@H]1NC(=O)C[C@@H](N)CCN(C)C(=N)N. The van der Waals surface area contributed by atoms with Crippen molar-refractivity contribution in [2.75, 3.05) is 25.9 Å². The number of carbonyl (C=O) groups excluding carboxylic acids is 2. The molecule has 2 heterocycles. The van der Waals surface area contributed by atoms with E-state index in [1.165, 1.54) is 27.8 Å². The molecule has 9 N–H and O–H groups in total. The van der Waals surface area contributed by atoms with E-state index in [0.29, 0.717) is 19.4 Å². The quantitative estimate of drug-likeness (QED) is 0.0717. The second-order valence-electron chi connectivity index (χ2n) is 7.77. The van der Waals surface area contributed by atoms with Crippen LogP contribution in [-0.2, 0) is 14.3 Å². The second kappa shape index (κ2) is 12.4. The molecule has 1 aromatic rings. The molecule has 0 saturated carbocycles. The lowest BCUT2D eigenvalue weighted by atomic mass is 10.0. The van der Waals surface area contributed by atoms with E-state index in [9.17, 15) is 14.4 Å². The minimum absolute atomic E-state index is 0.00765. The van der Waals surface area contributed by atoms with Crippen molar-refractivity contribution in [3.05, 3.63) is 34.9 Å². The zero-order chi connectivity index (χ0) is 25.3. The Labute approximate surface area is 197 Å². The molecular weight excluding hydrogens is 442 g/mol. The van der Waals surface area contributed by atoms with Crippen molar-refractivity contribution in [3.8, 4) is 12.3 Å². The van der Waals surface area contributed by atoms with Crippen LogP contribution in [-0.4, -0.2) is 70.5 Å². The van der Waals surface area contributed by atoms with Gasteiger partial charge in [0.15, 0.2) is 18.3 Å². The van der Waals surface area contributed by atoms with Gasteiger partial charge in [0.25, 0.3) is 5.91 Å². The van der Waals surface area contributed by atoms with Crippen molar-refractivity contribution in [2.24, 2.45) is 11.5 Å². The van der Waals surface area contributed by atoms with Crippen LogP contribution in [0.3, 0.4) is 0 Å². The van der Waals surface area contributed by atoms with Gasteiger partial charge in [0.05, 0.1) is 6.04 Å². The molecule has 0 unspecified atom stereocenters. The maximum absolute atomic E-state index is 12.8. The molecule has 13 nitrogen and oxygen atoms in total. The monoisotopic (exact) mass is 473 g/mol. The lowest BCUT2D eigenvalue weighted by molar-refractivity contribution is -0.142. The number of nitrogens with two attached hydrogens (primary N) is 3. The Morgan fingerprint density at radius 1 is 1.44 bits per heavy atom. The third kappa shape index (κ3) is 7.61. The molecule has 1 aliphatic rings. The fourth-order valence-corrected chi connectivity index (χ4v) is 3.15. The summed E-state index contributed by atoms with van der Waals surface area (Å²) >= 11 is 0. The van der Waals surface area contributed by atoms with Crippen LogP contribution in [0.4, 0.5) is 5.82 Å². The molecular formula is C21H31N9O4. The van der Waals surface area contributed by atoms with Crippen LogP contribution in [0.2, 0.25) is 0 Å². The molecule has 0 fully saturated rings. The average molecular weight is 474 g/mol. The molecule has 4 atom stereocenters. The van der Waals surface area contributed by atoms with E-state index in [-0.39, 0.29) is 30.7 Å². The first-order valence-corrected chi connectivity index (χ1v) is 10.6. The lowest BCUT2D eigenvalue weighted by Gasteiger charge is -2.32. The van der Waals surface area contributed by atoms with Crippen LogP contribution in [0.25, 0.3) is 0 Å². The molecule has 1 aliphatic heterocycles. The zero-order valence-electron chi connectivity index (χ0n) is 18.9. The molecule has 2 rings (SSSR count). The Kier molecular flexibility index (Phi) is 9.60. The summed E-state index contributed by atoms with van der Waals surface area (Å²) in [5, 5.41) is 12.8. The summed E-state index contributed by atoms with van der Waals surface area (Å²) < 4.78 is 7.03. The number of hydrogen-bond donors (Lipinski definition) is 6. The summed E-state index contributed by atoms with van der Waals surface area (Å²) in [6, 6.07) is 0.142. The van der Waals surface area contributed by atoms with Crippen LogP contribution in [0.15, 0.2) is 29.2 Å². The van der Waals surface area contributed by atoms with E-state index in [0.717, 1.165) is 0 Å². The molecule has 0 spiro atoms. The Balaban J connectivity index is 2.10. The molecule has 0 aromatic carbocycles. The fraction of sp³-hybridized carbons (Fsp3) is 0.476. The van der Waals surface area contributed by atoms with E-state index < -0.39 is 36.0 Å².